The Morgan fingerprint density at radius 1 is 1.03 bits per heavy atom. The minimum absolute atomic E-state index is 0.0106. The van der Waals surface area contributed by atoms with Gasteiger partial charge >= 0.3 is 18.1 Å². The monoisotopic (exact) mass is 531 g/mol. The highest BCUT2D eigenvalue weighted by molar-refractivity contribution is 5.91. The van der Waals surface area contributed by atoms with Crippen LogP contribution in [0.3, 0.4) is 0 Å². The van der Waals surface area contributed by atoms with Gasteiger partial charge in [0.2, 0.25) is 5.91 Å². The standard InChI is InChI=1S/C28H32F3N3O4/c29-28(30,31)26(37)33(15-13-20-8-3-1-4-9-20)18-23-12-7-14-34(23)25(36)27(32)17-22(27)16-24(35)38-19-21-10-5-2-6-11-21/h1-6,8-11,22-23H,7,12-19,32H2/t22?,23-,27?/m0/s1. The van der Waals surface area contributed by atoms with E-state index in [1.807, 2.05) is 30.3 Å². The molecule has 1 heterocycles. The second-order valence-corrected chi connectivity index (χ2v) is 10.1. The summed E-state index contributed by atoms with van der Waals surface area (Å²) in [4.78, 5) is 40.2. The highest BCUT2D eigenvalue weighted by atomic mass is 19.4. The van der Waals surface area contributed by atoms with E-state index >= 15 is 0 Å². The fourth-order valence-corrected chi connectivity index (χ4v) is 5.04. The lowest BCUT2D eigenvalue weighted by Crippen LogP contribution is -2.53. The summed E-state index contributed by atoms with van der Waals surface area (Å²) in [5.74, 6) is -3.16. The lowest BCUT2D eigenvalue weighted by Gasteiger charge is -2.33. The molecule has 0 aromatic heterocycles. The van der Waals surface area contributed by atoms with Gasteiger partial charge in [-0.1, -0.05) is 60.7 Å². The first-order chi connectivity index (χ1) is 18.1. The number of amides is 2. The van der Waals surface area contributed by atoms with Crippen molar-refractivity contribution in [1.82, 2.24) is 9.80 Å². The molecular formula is C28H32F3N3O4. The molecule has 4 rings (SSSR count). The Kier molecular flexibility index (Phi) is 8.40. The van der Waals surface area contributed by atoms with Crippen LogP contribution in [0.2, 0.25) is 0 Å². The molecule has 2 fully saturated rings. The number of rotatable bonds is 10. The van der Waals surface area contributed by atoms with Crippen molar-refractivity contribution in [1.29, 1.82) is 0 Å². The van der Waals surface area contributed by atoms with E-state index in [9.17, 15) is 27.6 Å². The molecule has 3 atom stereocenters. The molecule has 2 aromatic rings. The molecule has 1 saturated carbocycles. The molecule has 2 N–H and O–H groups in total. The van der Waals surface area contributed by atoms with E-state index in [0.717, 1.165) is 16.0 Å². The van der Waals surface area contributed by atoms with Crippen molar-refractivity contribution >= 4 is 17.8 Å². The van der Waals surface area contributed by atoms with Crippen LogP contribution in [0, 0.1) is 5.92 Å². The summed E-state index contributed by atoms with van der Waals surface area (Å²) in [6.45, 7) is 0.125. The number of carbonyl (C=O) groups is 3. The third kappa shape index (κ3) is 6.72. The predicted molar refractivity (Wildman–Crippen MR) is 133 cm³/mol. The fraction of sp³-hybridized carbons (Fsp3) is 0.464. The van der Waals surface area contributed by atoms with Gasteiger partial charge in [0.1, 0.15) is 6.61 Å². The van der Waals surface area contributed by atoms with Crippen molar-refractivity contribution in [3.8, 4) is 0 Å². The number of nitrogens with two attached hydrogens (primary N) is 1. The van der Waals surface area contributed by atoms with Crippen LogP contribution >= 0.6 is 0 Å². The first kappa shape index (κ1) is 27.6. The molecule has 7 nitrogen and oxygen atoms in total. The minimum atomic E-state index is -5.01. The predicted octanol–water partition coefficient (Wildman–Crippen LogP) is 3.46. The number of likely N-dealkylation sites (tertiary alicyclic amines) is 1. The summed E-state index contributed by atoms with van der Waals surface area (Å²) >= 11 is 0. The van der Waals surface area contributed by atoms with E-state index in [-0.39, 0.29) is 38.4 Å². The molecule has 1 saturated heterocycles. The zero-order valence-corrected chi connectivity index (χ0v) is 21.0. The van der Waals surface area contributed by atoms with Crippen molar-refractivity contribution < 1.29 is 32.3 Å². The average Bonchev–Trinajstić information content (AvgIpc) is 3.32. The van der Waals surface area contributed by atoms with Gasteiger partial charge in [-0.05, 0) is 42.7 Å². The molecule has 1 aliphatic carbocycles. The van der Waals surface area contributed by atoms with E-state index in [4.69, 9.17) is 10.5 Å². The molecular weight excluding hydrogens is 499 g/mol. The maximum absolute atomic E-state index is 13.4. The summed E-state index contributed by atoms with van der Waals surface area (Å²) in [7, 11) is 0. The summed E-state index contributed by atoms with van der Waals surface area (Å²) < 4.78 is 45.4. The Morgan fingerprint density at radius 3 is 2.29 bits per heavy atom. The van der Waals surface area contributed by atoms with E-state index in [2.05, 4.69) is 0 Å². The molecule has 2 amide bonds. The molecule has 38 heavy (non-hydrogen) atoms. The van der Waals surface area contributed by atoms with Crippen molar-refractivity contribution in [3.63, 3.8) is 0 Å². The van der Waals surface area contributed by atoms with Crippen molar-refractivity contribution in [2.75, 3.05) is 19.6 Å². The Labute approximate surface area is 219 Å². The second kappa shape index (κ2) is 11.6. The summed E-state index contributed by atoms with van der Waals surface area (Å²) in [5, 5.41) is 0. The summed E-state index contributed by atoms with van der Waals surface area (Å²) in [6, 6.07) is 17.6. The Balaban J connectivity index is 1.35. The van der Waals surface area contributed by atoms with Gasteiger partial charge in [0.15, 0.2) is 0 Å². The highest BCUT2D eigenvalue weighted by Gasteiger charge is 2.60. The SMILES string of the molecule is NC1(C(=O)N2CCC[C@H]2CN(CCc2ccccc2)C(=O)C(F)(F)F)CC1CC(=O)OCc1ccccc1. The normalized spacial score (nSPS) is 22.7. The number of hydrogen-bond donors (Lipinski definition) is 1. The molecule has 0 spiro atoms. The molecule has 204 valence electrons. The van der Waals surface area contributed by atoms with Crippen LogP contribution in [0.25, 0.3) is 0 Å². The second-order valence-electron chi connectivity index (χ2n) is 10.1. The van der Waals surface area contributed by atoms with Gasteiger partial charge in [-0.3, -0.25) is 14.4 Å². The Bertz CT molecular complexity index is 1130. The van der Waals surface area contributed by atoms with E-state index in [1.165, 1.54) is 4.90 Å². The van der Waals surface area contributed by atoms with E-state index in [1.54, 1.807) is 30.3 Å². The Morgan fingerprint density at radius 2 is 1.66 bits per heavy atom. The lowest BCUT2D eigenvalue weighted by molar-refractivity contribution is -0.186. The van der Waals surface area contributed by atoms with Gasteiger partial charge in [-0.25, -0.2) is 0 Å². The quantitative estimate of drug-likeness (QED) is 0.474. The number of hydrogen-bond acceptors (Lipinski definition) is 5. The van der Waals surface area contributed by atoms with Crippen LogP contribution in [0.15, 0.2) is 60.7 Å². The van der Waals surface area contributed by atoms with E-state index < -0.39 is 35.6 Å². The first-order valence-electron chi connectivity index (χ1n) is 12.8. The maximum Gasteiger partial charge on any atom is 0.471 e. The van der Waals surface area contributed by atoms with Gasteiger partial charge < -0.3 is 20.3 Å². The van der Waals surface area contributed by atoms with Gasteiger partial charge in [0.25, 0.3) is 0 Å². The number of carbonyl (C=O) groups excluding carboxylic acids is 3. The van der Waals surface area contributed by atoms with Crippen LogP contribution in [-0.2, 0) is 32.1 Å². The zero-order chi connectivity index (χ0) is 27.3. The fourth-order valence-electron chi connectivity index (χ4n) is 5.04. The van der Waals surface area contributed by atoms with Gasteiger partial charge in [-0.15, -0.1) is 0 Å². The molecule has 0 bridgehead atoms. The number of benzene rings is 2. The zero-order valence-electron chi connectivity index (χ0n) is 21.0. The summed E-state index contributed by atoms with van der Waals surface area (Å²) in [6.07, 6.45) is -3.39. The van der Waals surface area contributed by atoms with Gasteiger partial charge in [0.05, 0.1) is 12.0 Å². The number of nitrogens with zero attached hydrogens (tertiary/aromatic N) is 2. The van der Waals surface area contributed by atoms with Crippen LogP contribution in [0.5, 0.6) is 0 Å². The first-order valence-corrected chi connectivity index (χ1v) is 12.8. The number of esters is 1. The van der Waals surface area contributed by atoms with Crippen molar-refractivity contribution in [2.45, 2.75) is 56.5 Å². The third-order valence-electron chi connectivity index (χ3n) is 7.32. The van der Waals surface area contributed by atoms with E-state index in [0.29, 0.717) is 25.8 Å². The topological polar surface area (TPSA) is 92.9 Å². The van der Waals surface area contributed by atoms with Gasteiger partial charge in [-0.2, -0.15) is 13.2 Å². The third-order valence-corrected chi connectivity index (χ3v) is 7.32. The van der Waals surface area contributed by atoms with Crippen LogP contribution in [-0.4, -0.2) is 65.0 Å². The molecule has 2 aromatic carbocycles. The highest BCUT2D eigenvalue weighted by Crippen LogP contribution is 2.46. The molecule has 0 radical (unpaired) electrons. The summed E-state index contributed by atoms with van der Waals surface area (Å²) in [5.41, 5.74) is 6.77. The number of alkyl halides is 3. The van der Waals surface area contributed by atoms with Crippen LogP contribution in [0.1, 0.15) is 36.8 Å². The Hall–Kier alpha value is -3.40. The number of halogens is 3. The lowest BCUT2D eigenvalue weighted by atomic mass is 10.1. The van der Waals surface area contributed by atoms with Crippen LogP contribution < -0.4 is 5.73 Å². The molecule has 2 unspecified atom stereocenters. The van der Waals surface area contributed by atoms with Gasteiger partial charge in [0, 0.05) is 25.7 Å². The smallest absolute Gasteiger partial charge is 0.461 e. The molecule has 2 aliphatic rings. The van der Waals surface area contributed by atoms with Crippen molar-refractivity contribution in [2.24, 2.45) is 11.7 Å². The largest absolute Gasteiger partial charge is 0.471 e. The maximum atomic E-state index is 13.4. The number of ether oxygens (including phenoxy) is 1. The van der Waals surface area contributed by atoms with Crippen molar-refractivity contribution in [3.05, 3.63) is 71.8 Å². The average molecular weight is 532 g/mol. The molecule has 10 heteroatoms. The van der Waals surface area contributed by atoms with Crippen LogP contribution in [0.4, 0.5) is 13.2 Å². The minimum Gasteiger partial charge on any atom is -0.461 e. The molecule has 1 aliphatic heterocycles.